The molecule has 5 nitrogen and oxygen atoms in total. The van der Waals surface area contributed by atoms with E-state index in [1.807, 2.05) is 0 Å². The Hall–Kier alpha value is -3.13. The van der Waals surface area contributed by atoms with Crippen LogP contribution in [-0.2, 0) is 13.5 Å². The lowest BCUT2D eigenvalue weighted by Gasteiger charge is -2.14. The number of fused-ring (bicyclic) bond motifs is 1. The molecule has 0 fully saturated rings. The van der Waals surface area contributed by atoms with Crippen LogP contribution in [0.3, 0.4) is 0 Å². The SMILES string of the molecule is Cc1cc(-n2c(Cc3ccc(F)c(F)c3F)nc3c(ncn3C)c2=O)ccc1Cl. The summed E-state index contributed by atoms with van der Waals surface area (Å²) in [6.45, 7) is 1.78. The Kier molecular flexibility index (Phi) is 4.66. The summed E-state index contributed by atoms with van der Waals surface area (Å²) in [4.78, 5) is 21.7. The smallest absolute Gasteiger partial charge is 0.286 e. The van der Waals surface area contributed by atoms with E-state index in [-0.39, 0.29) is 23.3 Å². The lowest BCUT2D eigenvalue weighted by atomic mass is 10.1. The molecular formula is C20H14ClF3N4O. The van der Waals surface area contributed by atoms with Gasteiger partial charge in [-0.2, -0.15) is 0 Å². The summed E-state index contributed by atoms with van der Waals surface area (Å²) in [6.07, 6.45) is 1.21. The summed E-state index contributed by atoms with van der Waals surface area (Å²) in [5.74, 6) is -4.02. The van der Waals surface area contributed by atoms with Crippen molar-refractivity contribution in [1.82, 2.24) is 19.1 Å². The lowest BCUT2D eigenvalue weighted by molar-refractivity contribution is 0.441. The molecule has 2 aromatic heterocycles. The van der Waals surface area contributed by atoms with E-state index in [0.717, 1.165) is 17.7 Å². The highest BCUT2D eigenvalue weighted by atomic mass is 35.5. The molecule has 0 radical (unpaired) electrons. The molecule has 0 aliphatic heterocycles. The predicted molar refractivity (Wildman–Crippen MR) is 103 cm³/mol. The number of aromatic nitrogens is 4. The zero-order chi connectivity index (χ0) is 20.9. The second-order valence-corrected chi connectivity index (χ2v) is 7.05. The van der Waals surface area contributed by atoms with Gasteiger partial charge in [0, 0.05) is 18.5 Å². The van der Waals surface area contributed by atoms with Crippen LogP contribution in [0.2, 0.25) is 5.02 Å². The Morgan fingerprint density at radius 2 is 1.86 bits per heavy atom. The summed E-state index contributed by atoms with van der Waals surface area (Å²) in [6, 6.07) is 6.91. The maximum absolute atomic E-state index is 14.3. The first kappa shape index (κ1) is 19.2. The summed E-state index contributed by atoms with van der Waals surface area (Å²) < 4.78 is 44.1. The largest absolute Gasteiger partial charge is 0.318 e. The van der Waals surface area contributed by atoms with Gasteiger partial charge in [0.2, 0.25) is 0 Å². The quantitative estimate of drug-likeness (QED) is 0.471. The fourth-order valence-corrected chi connectivity index (χ4v) is 3.24. The minimum Gasteiger partial charge on any atom is -0.318 e. The van der Waals surface area contributed by atoms with Gasteiger partial charge in [0.05, 0.1) is 12.0 Å². The molecule has 148 valence electrons. The molecule has 0 amide bonds. The van der Waals surface area contributed by atoms with Gasteiger partial charge in [-0.15, -0.1) is 0 Å². The highest BCUT2D eigenvalue weighted by Crippen LogP contribution is 2.22. The van der Waals surface area contributed by atoms with E-state index >= 15 is 0 Å². The summed E-state index contributed by atoms with van der Waals surface area (Å²) in [7, 11) is 1.67. The molecule has 0 saturated carbocycles. The second-order valence-electron chi connectivity index (χ2n) is 6.64. The van der Waals surface area contributed by atoms with Gasteiger partial charge in [0.15, 0.2) is 28.6 Å². The zero-order valence-electron chi connectivity index (χ0n) is 15.4. The highest BCUT2D eigenvalue weighted by molar-refractivity contribution is 6.31. The van der Waals surface area contributed by atoms with Crippen LogP contribution in [0.5, 0.6) is 0 Å². The van der Waals surface area contributed by atoms with Gasteiger partial charge in [-0.25, -0.2) is 23.1 Å². The number of imidazole rings is 1. The molecule has 0 aliphatic rings. The topological polar surface area (TPSA) is 52.7 Å². The van der Waals surface area contributed by atoms with Gasteiger partial charge in [0.25, 0.3) is 5.56 Å². The van der Waals surface area contributed by atoms with Crippen LogP contribution in [0, 0.1) is 24.4 Å². The van der Waals surface area contributed by atoms with Crippen LogP contribution in [-0.4, -0.2) is 19.1 Å². The third-order valence-corrected chi connectivity index (χ3v) is 5.09. The van der Waals surface area contributed by atoms with Crippen LogP contribution in [0.1, 0.15) is 17.0 Å². The standard InChI is InChI=1S/C20H14ClF3N4O/c1-10-7-12(4-5-13(10)21)28-15(8-11-3-6-14(22)17(24)16(11)23)26-19-18(20(28)29)25-9-27(19)2/h3-7,9H,8H2,1-2H3. The average molecular weight is 419 g/mol. The van der Waals surface area contributed by atoms with Gasteiger partial charge in [-0.05, 0) is 42.3 Å². The van der Waals surface area contributed by atoms with E-state index in [0.29, 0.717) is 16.4 Å². The Labute approximate surface area is 168 Å². The first-order valence-electron chi connectivity index (χ1n) is 8.59. The Morgan fingerprint density at radius 1 is 1.10 bits per heavy atom. The fraction of sp³-hybridized carbons (Fsp3) is 0.150. The van der Waals surface area contributed by atoms with Crippen molar-refractivity contribution in [3.63, 3.8) is 0 Å². The van der Waals surface area contributed by atoms with Crippen LogP contribution in [0.25, 0.3) is 16.9 Å². The second kappa shape index (κ2) is 7.04. The van der Waals surface area contributed by atoms with Crippen molar-refractivity contribution < 1.29 is 13.2 Å². The van der Waals surface area contributed by atoms with Crippen LogP contribution < -0.4 is 5.56 Å². The molecule has 4 aromatic rings. The van der Waals surface area contributed by atoms with Crippen molar-refractivity contribution >= 4 is 22.8 Å². The molecule has 4 rings (SSSR count). The van der Waals surface area contributed by atoms with Gasteiger partial charge < -0.3 is 4.57 Å². The summed E-state index contributed by atoms with van der Waals surface area (Å²) in [5.41, 5.74) is 1.02. The maximum Gasteiger partial charge on any atom is 0.286 e. The van der Waals surface area contributed by atoms with Crippen LogP contribution >= 0.6 is 11.6 Å². The molecule has 2 aromatic carbocycles. The van der Waals surface area contributed by atoms with Crippen molar-refractivity contribution in [2.75, 3.05) is 0 Å². The van der Waals surface area contributed by atoms with Crippen LogP contribution in [0.15, 0.2) is 41.5 Å². The van der Waals surface area contributed by atoms with Crippen molar-refractivity contribution in [2.24, 2.45) is 7.05 Å². The minimum atomic E-state index is -1.57. The van der Waals surface area contributed by atoms with Gasteiger partial charge in [0.1, 0.15) is 5.82 Å². The Bertz CT molecular complexity index is 1330. The van der Waals surface area contributed by atoms with Crippen molar-refractivity contribution in [3.05, 3.63) is 86.4 Å². The maximum atomic E-state index is 14.3. The number of hydrogen-bond donors (Lipinski definition) is 0. The minimum absolute atomic E-state index is 0.128. The molecule has 0 saturated heterocycles. The van der Waals surface area contributed by atoms with E-state index in [9.17, 15) is 18.0 Å². The monoisotopic (exact) mass is 418 g/mol. The number of nitrogens with zero attached hydrogens (tertiary/aromatic N) is 4. The first-order valence-corrected chi connectivity index (χ1v) is 8.97. The third-order valence-electron chi connectivity index (χ3n) is 4.67. The summed E-state index contributed by atoms with van der Waals surface area (Å²) in [5, 5.41) is 0.516. The molecule has 0 N–H and O–H groups in total. The van der Waals surface area contributed by atoms with E-state index < -0.39 is 23.0 Å². The predicted octanol–water partition coefficient (Wildman–Crippen LogP) is 4.09. The molecule has 0 aliphatic carbocycles. The van der Waals surface area contributed by atoms with Crippen LogP contribution in [0.4, 0.5) is 13.2 Å². The Balaban J connectivity index is 1.99. The first-order chi connectivity index (χ1) is 13.8. The van der Waals surface area contributed by atoms with E-state index in [2.05, 4.69) is 9.97 Å². The molecule has 0 atom stereocenters. The molecule has 2 heterocycles. The van der Waals surface area contributed by atoms with Crippen molar-refractivity contribution in [1.29, 1.82) is 0 Å². The van der Waals surface area contributed by atoms with Gasteiger partial charge in [-0.1, -0.05) is 17.7 Å². The van der Waals surface area contributed by atoms with Gasteiger partial charge >= 0.3 is 0 Å². The number of benzene rings is 2. The van der Waals surface area contributed by atoms with Crippen molar-refractivity contribution in [3.8, 4) is 5.69 Å². The normalized spacial score (nSPS) is 11.4. The lowest BCUT2D eigenvalue weighted by Crippen LogP contribution is -2.25. The van der Waals surface area contributed by atoms with Crippen molar-refractivity contribution in [2.45, 2.75) is 13.3 Å². The number of aryl methyl sites for hydroxylation is 2. The fourth-order valence-electron chi connectivity index (χ4n) is 3.13. The molecule has 0 unspecified atom stereocenters. The van der Waals surface area contributed by atoms with E-state index in [1.165, 1.54) is 10.9 Å². The molecular weight excluding hydrogens is 405 g/mol. The molecule has 29 heavy (non-hydrogen) atoms. The molecule has 0 spiro atoms. The van der Waals surface area contributed by atoms with E-state index in [4.69, 9.17) is 11.6 Å². The number of rotatable bonds is 3. The number of halogens is 4. The third kappa shape index (κ3) is 3.19. The summed E-state index contributed by atoms with van der Waals surface area (Å²) >= 11 is 6.08. The van der Waals surface area contributed by atoms with E-state index in [1.54, 1.807) is 36.7 Å². The average Bonchev–Trinajstić information content (AvgIpc) is 3.06. The van der Waals surface area contributed by atoms with Gasteiger partial charge in [-0.3, -0.25) is 9.36 Å². The number of hydrogen-bond acceptors (Lipinski definition) is 3. The molecule has 9 heteroatoms. The highest BCUT2D eigenvalue weighted by Gasteiger charge is 2.20. The Morgan fingerprint density at radius 3 is 2.59 bits per heavy atom. The molecule has 0 bridgehead atoms. The zero-order valence-corrected chi connectivity index (χ0v) is 16.1.